The van der Waals surface area contributed by atoms with Crippen LogP contribution in [0.4, 0.5) is 0 Å². The van der Waals surface area contributed by atoms with Crippen LogP contribution in [-0.2, 0) is 5.41 Å². The third-order valence-electron chi connectivity index (χ3n) is 10.6. The molecule has 0 N–H and O–H groups in total. The van der Waals surface area contributed by atoms with Crippen molar-refractivity contribution in [2.24, 2.45) is 0 Å². The Kier molecular flexibility index (Phi) is 4.88. The van der Waals surface area contributed by atoms with Gasteiger partial charge in [0.25, 0.3) is 0 Å². The molecule has 45 heavy (non-hydrogen) atoms. The maximum atomic E-state index is 2.42. The van der Waals surface area contributed by atoms with E-state index in [0.717, 1.165) is 0 Å². The van der Waals surface area contributed by atoms with Gasteiger partial charge in [0.2, 0.25) is 0 Å². The molecule has 210 valence electrons. The molecule has 0 fully saturated rings. The van der Waals surface area contributed by atoms with E-state index in [1.54, 1.807) is 0 Å². The summed E-state index contributed by atoms with van der Waals surface area (Å²) in [4.78, 5) is 0. The average molecular weight is 571 g/mol. The summed E-state index contributed by atoms with van der Waals surface area (Å²) < 4.78 is 0. The zero-order valence-electron chi connectivity index (χ0n) is 25.4. The van der Waals surface area contributed by atoms with E-state index in [1.165, 1.54) is 98.4 Å². The molecule has 0 spiro atoms. The Bertz CT molecular complexity index is 2640. The molecule has 0 aromatic heterocycles. The lowest BCUT2D eigenvalue weighted by molar-refractivity contribution is 0.668. The second-order valence-corrected chi connectivity index (χ2v) is 13.2. The summed E-state index contributed by atoms with van der Waals surface area (Å²) in [6, 6.07) is 54.4. The van der Waals surface area contributed by atoms with Gasteiger partial charge in [0.05, 0.1) is 0 Å². The van der Waals surface area contributed by atoms with Crippen molar-refractivity contribution in [3.8, 4) is 33.4 Å². The fourth-order valence-corrected chi connectivity index (χ4v) is 8.69. The fraction of sp³-hybridized carbons (Fsp3) is 0.0667. The van der Waals surface area contributed by atoms with Gasteiger partial charge in [-0.2, -0.15) is 0 Å². The van der Waals surface area contributed by atoms with Crippen molar-refractivity contribution in [2.75, 3.05) is 0 Å². The first-order valence-corrected chi connectivity index (χ1v) is 15.9. The van der Waals surface area contributed by atoms with E-state index in [9.17, 15) is 0 Å². The molecule has 0 nitrogen and oxygen atoms in total. The van der Waals surface area contributed by atoms with E-state index in [4.69, 9.17) is 0 Å². The molecule has 1 aliphatic rings. The van der Waals surface area contributed by atoms with E-state index >= 15 is 0 Å². The summed E-state index contributed by atoms with van der Waals surface area (Å²) in [6.07, 6.45) is 0. The standard InChI is InChI=1S/C45H30/c1-45(2)43-33(15-8-16-39(43)42-36-13-5-3-11-34(36)35-12-4-6-14-38(35)44(42)45)28-19-17-27(18-20-28)32-25-23-31-22-21-29-9-7-10-30-24-26-37(32)41(31)40(29)30/h3-26H,1-2H3. The van der Waals surface area contributed by atoms with Gasteiger partial charge >= 0.3 is 0 Å². The van der Waals surface area contributed by atoms with E-state index in [2.05, 4.69) is 159 Å². The molecule has 0 heteroatoms. The van der Waals surface area contributed by atoms with Crippen LogP contribution >= 0.6 is 0 Å². The summed E-state index contributed by atoms with van der Waals surface area (Å²) in [6.45, 7) is 4.84. The van der Waals surface area contributed by atoms with Crippen molar-refractivity contribution < 1.29 is 0 Å². The van der Waals surface area contributed by atoms with E-state index in [1.807, 2.05) is 0 Å². The predicted octanol–water partition coefficient (Wildman–Crippen LogP) is 12.5. The van der Waals surface area contributed by atoms with Crippen molar-refractivity contribution in [3.63, 3.8) is 0 Å². The number of hydrogen-bond acceptors (Lipinski definition) is 0. The lowest BCUT2D eigenvalue weighted by Crippen LogP contribution is -2.17. The molecule has 0 atom stereocenters. The minimum absolute atomic E-state index is 0.143. The smallest absolute Gasteiger partial charge is 0.0171 e. The summed E-state index contributed by atoms with van der Waals surface area (Å²) in [7, 11) is 0. The third-order valence-corrected chi connectivity index (χ3v) is 10.6. The Morgan fingerprint density at radius 3 is 1.60 bits per heavy atom. The molecule has 9 aromatic rings. The summed E-state index contributed by atoms with van der Waals surface area (Å²) in [5, 5.41) is 13.4. The van der Waals surface area contributed by atoms with Gasteiger partial charge in [0.1, 0.15) is 0 Å². The monoisotopic (exact) mass is 570 g/mol. The molecule has 0 amide bonds. The van der Waals surface area contributed by atoms with E-state index < -0.39 is 0 Å². The maximum absolute atomic E-state index is 2.42. The average Bonchev–Trinajstić information content (AvgIpc) is 3.34. The molecule has 0 saturated carbocycles. The molecule has 9 aromatic carbocycles. The highest BCUT2D eigenvalue weighted by molar-refractivity contribution is 6.25. The number of hydrogen-bond donors (Lipinski definition) is 0. The number of fused-ring (bicyclic) bond motifs is 8. The van der Waals surface area contributed by atoms with Gasteiger partial charge < -0.3 is 0 Å². The van der Waals surface area contributed by atoms with Gasteiger partial charge in [0.15, 0.2) is 0 Å². The van der Waals surface area contributed by atoms with Crippen LogP contribution in [-0.4, -0.2) is 0 Å². The Hall–Kier alpha value is -5.46. The normalized spacial score (nSPS) is 13.7. The van der Waals surface area contributed by atoms with Crippen molar-refractivity contribution in [1.29, 1.82) is 0 Å². The van der Waals surface area contributed by atoms with Crippen molar-refractivity contribution in [3.05, 3.63) is 157 Å². The first-order chi connectivity index (χ1) is 22.1. The maximum Gasteiger partial charge on any atom is 0.0171 e. The van der Waals surface area contributed by atoms with Crippen LogP contribution in [0.1, 0.15) is 25.0 Å². The molecule has 0 radical (unpaired) electrons. The van der Waals surface area contributed by atoms with Crippen LogP contribution in [0.15, 0.2) is 146 Å². The molecule has 10 rings (SSSR count). The molecule has 0 heterocycles. The van der Waals surface area contributed by atoms with Gasteiger partial charge in [-0.05, 0) is 98.4 Å². The zero-order valence-corrected chi connectivity index (χ0v) is 25.4. The molecule has 0 saturated heterocycles. The summed E-state index contributed by atoms with van der Waals surface area (Å²) in [5.41, 5.74) is 10.6. The first-order valence-electron chi connectivity index (χ1n) is 15.9. The van der Waals surface area contributed by atoms with E-state index in [-0.39, 0.29) is 5.41 Å². The number of rotatable bonds is 2. The Morgan fingerprint density at radius 2 is 0.867 bits per heavy atom. The topological polar surface area (TPSA) is 0 Å². The summed E-state index contributed by atoms with van der Waals surface area (Å²) in [5.74, 6) is 0. The van der Waals surface area contributed by atoms with Crippen molar-refractivity contribution in [1.82, 2.24) is 0 Å². The quantitative estimate of drug-likeness (QED) is 0.181. The Morgan fingerprint density at radius 1 is 0.333 bits per heavy atom. The highest BCUT2D eigenvalue weighted by Crippen LogP contribution is 2.57. The Balaban J connectivity index is 1.16. The zero-order chi connectivity index (χ0) is 29.9. The molecule has 0 bridgehead atoms. The van der Waals surface area contributed by atoms with Gasteiger partial charge in [-0.1, -0.05) is 159 Å². The molecule has 0 unspecified atom stereocenters. The minimum atomic E-state index is -0.143. The lowest BCUT2D eigenvalue weighted by atomic mass is 9.77. The molecular weight excluding hydrogens is 540 g/mol. The van der Waals surface area contributed by atoms with Crippen molar-refractivity contribution >= 4 is 53.9 Å². The number of benzene rings is 9. The minimum Gasteiger partial charge on any atom is -0.0616 e. The second-order valence-electron chi connectivity index (χ2n) is 13.2. The second kappa shape index (κ2) is 8.80. The SMILES string of the molecule is CC1(C)c2c(-c3ccc(-c4ccc5ccc6cccc7ccc4c5c67)cc3)cccc2-c2c1c1ccccc1c1ccccc21. The fourth-order valence-electron chi connectivity index (χ4n) is 8.69. The third kappa shape index (κ3) is 3.27. The van der Waals surface area contributed by atoms with Crippen LogP contribution < -0.4 is 0 Å². The largest absolute Gasteiger partial charge is 0.0616 e. The summed E-state index contributed by atoms with van der Waals surface area (Å²) >= 11 is 0. The van der Waals surface area contributed by atoms with Crippen LogP contribution in [0.25, 0.3) is 87.2 Å². The Labute approximate surface area is 262 Å². The van der Waals surface area contributed by atoms with Crippen LogP contribution in [0, 0.1) is 0 Å². The van der Waals surface area contributed by atoms with Crippen molar-refractivity contribution in [2.45, 2.75) is 19.3 Å². The highest BCUT2D eigenvalue weighted by Gasteiger charge is 2.40. The van der Waals surface area contributed by atoms with Gasteiger partial charge in [0, 0.05) is 5.41 Å². The van der Waals surface area contributed by atoms with Gasteiger partial charge in [-0.25, -0.2) is 0 Å². The van der Waals surface area contributed by atoms with Crippen LogP contribution in [0.3, 0.4) is 0 Å². The lowest BCUT2D eigenvalue weighted by Gasteiger charge is -2.26. The van der Waals surface area contributed by atoms with Crippen LogP contribution in [0.2, 0.25) is 0 Å². The van der Waals surface area contributed by atoms with Crippen LogP contribution in [0.5, 0.6) is 0 Å². The van der Waals surface area contributed by atoms with Gasteiger partial charge in [-0.15, -0.1) is 0 Å². The molecular formula is C45H30. The first kappa shape index (κ1) is 24.9. The van der Waals surface area contributed by atoms with Gasteiger partial charge in [-0.3, -0.25) is 0 Å². The van der Waals surface area contributed by atoms with E-state index in [0.29, 0.717) is 0 Å². The molecule has 1 aliphatic carbocycles. The molecule has 0 aliphatic heterocycles. The predicted molar refractivity (Wildman–Crippen MR) is 194 cm³/mol. The highest BCUT2D eigenvalue weighted by atomic mass is 14.4.